The molecule has 100 valence electrons. The first-order valence-electron chi connectivity index (χ1n) is 5.84. The third-order valence-electron chi connectivity index (χ3n) is 2.85. The lowest BCUT2D eigenvalue weighted by Crippen LogP contribution is -2.26. The molecule has 0 aliphatic carbocycles. The molecule has 1 aromatic carbocycles. The highest BCUT2D eigenvalue weighted by atomic mass is 79.9. The number of benzene rings is 1. The van der Waals surface area contributed by atoms with Crippen LogP contribution >= 0.6 is 15.9 Å². The quantitative estimate of drug-likeness (QED) is 0.862. The van der Waals surface area contributed by atoms with E-state index in [4.69, 9.17) is 0 Å². The fourth-order valence-corrected chi connectivity index (χ4v) is 2.09. The third kappa shape index (κ3) is 3.01. The number of carbonyl (C=O) groups is 1. The van der Waals surface area contributed by atoms with Crippen LogP contribution in [-0.4, -0.2) is 34.5 Å². The highest BCUT2D eigenvalue weighted by molar-refractivity contribution is 9.10. The third-order valence-corrected chi connectivity index (χ3v) is 3.34. The summed E-state index contributed by atoms with van der Waals surface area (Å²) in [6, 6.07) is 5.37. The molecule has 2 rings (SSSR count). The Morgan fingerprint density at radius 2 is 2.16 bits per heavy atom. The molecule has 0 bridgehead atoms. The van der Waals surface area contributed by atoms with Crippen molar-refractivity contribution in [1.82, 2.24) is 14.5 Å². The largest absolute Gasteiger partial charge is 0.349 e. The van der Waals surface area contributed by atoms with Gasteiger partial charge in [0.25, 0.3) is 5.56 Å². The number of aromatic nitrogens is 2. The minimum absolute atomic E-state index is 0.0127. The SMILES string of the molecule is CN(C)C(=O)CCn1cnc2ccc(Br)cc2c1=O. The fraction of sp³-hybridized carbons (Fsp3) is 0.308. The Hall–Kier alpha value is -1.69. The van der Waals surface area contributed by atoms with E-state index < -0.39 is 0 Å². The number of fused-ring (bicyclic) bond motifs is 1. The van der Waals surface area contributed by atoms with Gasteiger partial charge in [-0.05, 0) is 18.2 Å². The summed E-state index contributed by atoms with van der Waals surface area (Å²) < 4.78 is 2.30. The normalized spacial score (nSPS) is 10.7. The van der Waals surface area contributed by atoms with Crippen LogP contribution < -0.4 is 5.56 Å². The van der Waals surface area contributed by atoms with Gasteiger partial charge in [0, 0.05) is 31.5 Å². The molecule has 1 heterocycles. The van der Waals surface area contributed by atoms with E-state index in [2.05, 4.69) is 20.9 Å². The van der Waals surface area contributed by atoms with Crippen molar-refractivity contribution in [2.45, 2.75) is 13.0 Å². The summed E-state index contributed by atoms with van der Waals surface area (Å²) in [7, 11) is 3.39. The van der Waals surface area contributed by atoms with Crippen LogP contribution in [0.15, 0.2) is 33.8 Å². The monoisotopic (exact) mass is 323 g/mol. The number of nitrogens with zero attached hydrogens (tertiary/aromatic N) is 3. The molecule has 5 nitrogen and oxygen atoms in total. The molecule has 1 aromatic heterocycles. The molecule has 0 saturated carbocycles. The van der Waals surface area contributed by atoms with E-state index in [1.807, 2.05) is 6.07 Å². The van der Waals surface area contributed by atoms with E-state index in [1.54, 1.807) is 26.2 Å². The smallest absolute Gasteiger partial charge is 0.261 e. The second kappa shape index (κ2) is 5.52. The van der Waals surface area contributed by atoms with Crippen molar-refractivity contribution in [3.63, 3.8) is 0 Å². The van der Waals surface area contributed by atoms with Gasteiger partial charge in [0.15, 0.2) is 0 Å². The molecular weight excluding hydrogens is 310 g/mol. The lowest BCUT2D eigenvalue weighted by molar-refractivity contribution is -0.128. The molecule has 0 spiro atoms. The predicted molar refractivity (Wildman–Crippen MR) is 77.0 cm³/mol. The maximum absolute atomic E-state index is 12.2. The lowest BCUT2D eigenvalue weighted by Gasteiger charge is -2.11. The zero-order valence-corrected chi connectivity index (χ0v) is 12.3. The van der Waals surface area contributed by atoms with Gasteiger partial charge in [-0.2, -0.15) is 0 Å². The van der Waals surface area contributed by atoms with Crippen LogP contribution in [0.1, 0.15) is 6.42 Å². The van der Waals surface area contributed by atoms with Crippen molar-refractivity contribution >= 4 is 32.7 Å². The van der Waals surface area contributed by atoms with Gasteiger partial charge < -0.3 is 4.90 Å². The van der Waals surface area contributed by atoms with Crippen LogP contribution in [0.4, 0.5) is 0 Å². The van der Waals surface area contributed by atoms with Gasteiger partial charge in [-0.3, -0.25) is 14.2 Å². The van der Waals surface area contributed by atoms with Crippen LogP contribution in [-0.2, 0) is 11.3 Å². The van der Waals surface area contributed by atoms with Crippen LogP contribution in [0.2, 0.25) is 0 Å². The van der Waals surface area contributed by atoms with E-state index in [0.717, 1.165) is 4.47 Å². The summed E-state index contributed by atoms with van der Waals surface area (Å²) in [5.74, 6) is -0.0127. The van der Waals surface area contributed by atoms with Gasteiger partial charge in [0.2, 0.25) is 5.91 Å². The zero-order chi connectivity index (χ0) is 14.0. The molecule has 2 aromatic rings. The van der Waals surface area contributed by atoms with Gasteiger partial charge in [0.1, 0.15) is 0 Å². The van der Waals surface area contributed by atoms with E-state index in [1.165, 1.54) is 15.8 Å². The molecule has 0 N–H and O–H groups in total. The van der Waals surface area contributed by atoms with Crippen molar-refractivity contribution in [3.05, 3.63) is 39.4 Å². The fourth-order valence-electron chi connectivity index (χ4n) is 1.73. The van der Waals surface area contributed by atoms with Gasteiger partial charge in [-0.25, -0.2) is 4.98 Å². The number of rotatable bonds is 3. The zero-order valence-electron chi connectivity index (χ0n) is 10.8. The molecule has 19 heavy (non-hydrogen) atoms. The number of hydrogen-bond acceptors (Lipinski definition) is 3. The van der Waals surface area contributed by atoms with Gasteiger partial charge in [-0.1, -0.05) is 15.9 Å². The number of carbonyl (C=O) groups excluding carboxylic acids is 1. The number of halogens is 1. The molecule has 0 unspecified atom stereocenters. The first kappa shape index (κ1) is 13.7. The summed E-state index contributed by atoms with van der Waals surface area (Å²) in [5, 5.41) is 0.550. The number of amides is 1. The first-order chi connectivity index (χ1) is 8.99. The summed E-state index contributed by atoms with van der Waals surface area (Å²) in [4.78, 5) is 29.5. The van der Waals surface area contributed by atoms with E-state index in [-0.39, 0.29) is 17.9 Å². The second-order valence-corrected chi connectivity index (χ2v) is 5.36. The summed E-state index contributed by atoms with van der Waals surface area (Å²) in [6.07, 6.45) is 1.77. The van der Waals surface area contributed by atoms with Crippen molar-refractivity contribution < 1.29 is 4.79 Å². The minimum Gasteiger partial charge on any atom is -0.349 e. The van der Waals surface area contributed by atoms with E-state index in [9.17, 15) is 9.59 Å². The van der Waals surface area contributed by atoms with Crippen molar-refractivity contribution in [1.29, 1.82) is 0 Å². The highest BCUT2D eigenvalue weighted by Crippen LogP contribution is 2.14. The Balaban J connectivity index is 2.32. The van der Waals surface area contributed by atoms with Crippen molar-refractivity contribution in [2.75, 3.05) is 14.1 Å². The molecule has 1 amide bonds. The average molecular weight is 324 g/mol. The number of hydrogen-bond donors (Lipinski definition) is 0. The van der Waals surface area contributed by atoms with Crippen LogP contribution in [0.3, 0.4) is 0 Å². The van der Waals surface area contributed by atoms with Gasteiger partial charge in [-0.15, -0.1) is 0 Å². The van der Waals surface area contributed by atoms with Crippen LogP contribution in [0.5, 0.6) is 0 Å². The first-order valence-corrected chi connectivity index (χ1v) is 6.63. The standard InChI is InChI=1S/C13H14BrN3O2/c1-16(2)12(18)5-6-17-8-15-11-4-3-9(14)7-10(11)13(17)19/h3-4,7-8H,5-6H2,1-2H3. The molecule has 6 heteroatoms. The Bertz CT molecular complexity index is 679. The maximum atomic E-state index is 12.2. The predicted octanol–water partition coefficient (Wildman–Crippen LogP) is 1.64. The Kier molecular flexibility index (Phi) is 3.99. The van der Waals surface area contributed by atoms with E-state index >= 15 is 0 Å². The lowest BCUT2D eigenvalue weighted by atomic mass is 10.2. The van der Waals surface area contributed by atoms with Crippen LogP contribution in [0, 0.1) is 0 Å². The highest BCUT2D eigenvalue weighted by Gasteiger charge is 2.08. The van der Waals surface area contributed by atoms with Crippen molar-refractivity contribution in [3.8, 4) is 0 Å². The van der Waals surface area contributed by atoms with Crippen molar-refractivity contribution in [2.24, 2.45) is 0 Å². The Labute approximate surface area is 119 Å². The Morgan fingerprint density at radius 1 is 1.42 bits per heavy atom. The maximum Gasteiger partial charge on any atom is 0.261 e. The minimum atomic E-state index is -0.127. The van der Waals surface area contributed by atoms with E-state index in [0.29, 0.717) is 17.4 Å². The number of aryl methyl sites for hydroxylation is 1. The van der Waals surface area contributed by atoms with Crippen LogP contribution in [0.25, 0.3) is 10.9 Å². The summed E-state index contributed by atoms with van der Waals surface area (Å²) >= 11 is 3.34. The molecule has 0 radical (unpaired) electrons. The molecule has 0 aliphatic rings. The van der Waals surface area contributed by atoms with Gasteiger partial charge >= 0.3 is 0 Å². The molecular formula is C13H14BrN3O2. The topological polar surface area (TPSA) is 55.2 Å². The summed E-state index contributed by atoms with van der Waals surface area (Å²) in [6.45, 7) is 0.339. The molecule has 0 fully saturated rings. The Morgan fingerprint density at radius 3 is 2.84 bits per heavy atom. The average Bonchev–Trinajstić information content (AvgIpc) is 2.38. The second-order valence-electron chi connectivity index (χ2n) is 4.44. The molecule has 0 atom stereocenters. The molecule has 0 saturated heterocycles. The molecule has 0 aliphatic heterocycles. The summed E-state index contributed by atoms with van der Waals surface area (Å²) in [5.41, 5.74) is 0.529. The van der Waals surface area contributed by atoms with Gasteiger partial charge in [0.05, 0.1) is 17.2 Å².